The van der Waals surface area contributed by atoms with Gasteiger partial charge in [-0.15, -0.1) is 0 Å². The van der Waals surface area contributed by atoms with Crippen molar-refractivity contribution in [1.82, 2.24) is 14.7 Å². The van der Waals surface area contributed by atoms with Gasteiger partial charge in [0.1, 0.15) is 11.0 Å². The van der Waals surface area contributed by atoms with Gasteiger partial charge in [0.15, 0.2) is 0 Å². The van der Waals surface area contributed by atoms with Crippen LogP contribution in [-0.4, -0.2) is 33.7 Å². The van der Waals surface area contributed by atoms with Gasteiger partial charge in [0.2, 0.25) is 5.91 Å². The molecule has 0 bridgehead atoms. The van der Waals surface area contributed by atoms with E-state index in [2.05, 4.69) is 15.3 Å². The van der Waals surface area contributed by atoms with E-state index < -0.39 is 5.82 Å². The number of benzene rings is 1. The van der Waals surface area contributed by atoms with Gasteiger partial charge in [-0.2, -0.15) is 5.10 Å². The van der Waals surface area contributed by atoms with Crippen LogP contribution in [0.2, 0.25) is 5.15 Å². The molecule has 1 N–H and O–H groups in total. The van der Waals surface area contributed by atoms with Crippen LogP contribution in [0, 0.1) is 18.7 Å². The Kier molecular flexibility index (Phi) is 6.50. The lowest BCUT2D eigenvalue weighted by Crippen LogP contribution is -2.35. The first kappa shape index (κ1) is 19.8. The van der Waals surface area contributed by atoms with E-state index in [1.807, 2.05) is 14.0 Å². The van der Waals surface area contributed by atoms with E-state index >= 15 is 0 Å². The molecule has 1 fully saturated rings. The zero-order valence-corrected chi connectivity index (χ0v) is 16.6. The van der Waals surface area contributed by atoms with Gasteiger partial charge in [-0.05, 0) is 50.8 Å². The molecule has 146 valence electrons. The van der Waals surface area contributed by atoms with E-state index in [-0.39, 0.29) is 11.6 Å². The van der Waals surface area contributed by atoms with E-state index in [1.165, 1.54) is 6.07 Å². The van der Waals surface area contributed by atoms with Crippen LogP contribution in [0.15, 0.2) is 24.3 Å². The van der Waals surface area contributed by atoms with Crippen LogP contribution in [0.5, 0.6) is 0 Å². The predicted octanol–water partition coefficient (Wildman–Crippen LogP) is 4.15. The Bertz CT molecular complexity index is 807. The largest absolute Gasteiger partial charge is 0.324 e. The number of nitrogens with zero attached hydrogens (tertiary/aromatic N) is 3. The molecule has 2 heterocycles. The Hall–Kier alpha value is -1.92. The summed E-state index contributed by atoms with van der Waals surface area (Å²) < 4.78 is 15.3. The standard InChI is InChI=1S/C20H26ClFN4O/c1-14-16(20(21)25(2)24-14)13-26-11-5-6-15(12-26)9-10-19(27)23-18-8-4-3-7-17(18)22/h3-4,7-8,15H,5-6,9-13H2,1-2H3,(H,23,27)/t15-/m1/s1. The first-order valence-electron chi connectivity index (χ1n) is 9.38. The first-order chi connectivity index (χ1) is 12.9. The lowest BCUT2D eigenvalue weighted by Gasteiger charge is -2.32. The minimum Gasteiger partial charge on any atom is -0.324 e. The summed E-state index contributed by atoms with van der Waals surface area (Å²) in [4.78, 5) is 14.5. The summed E-state index contributed by atoms with van der Waals surface area (Å²) in [6.07, 6.45) is 3.43. The summed E-state index contributed by atoms with van der Waals surface area (Å²) >= 11 is 6.35. The van der Waals surface area contributed by atoms with Crippen molar-refractivity contribution in [3.05, 3.63) is 46.5 Å². The fourth-order valence-corrected chi connectivity index (χ4v) is 3.95. The maximum Gasteiger partial charge on any atom is 0.224 e. The highest BCUT2D eigenvalue weighted by molar-refractivity contribution is 6.30. The van der Waals surface area contributed by atoms with Crippen molar-refractivity contribution in [3.63, 3.8) is 0 Å². The van der Waals surface area contributed by atoms with E-state index in [0.29, 0.717) is 17.5 Å². The number of carbonyl (C=O) groups excluding carboxylic acids is 1. The van der Waals surface area contributed by atoms with Crippen LogP contribution in [0.4, 0.5) is 10.1 Å². The van der Waals surface area contributed by atoms with Crippen molar-refractivity contribution in [1.29, 1.82) is 0 Å². The van der Waals surface area contributed by atoms with Crippen LogP contribution < -0.4 is 5.32 Å². The Morgan fingerprint density at radius 3 is 2.89 bits per heavy atom. The normalized spacial score (nSPS) is 17.9. The highest BCUT2D eigenvalue weighted by atomic mass is 35.5. The molecule has 1 aromatic carbocycles. The second-order valence-corrected chi connectivity index (χ2v) is 7.65. The zero-order valence-electron chi connectivity index (χ0n) is 15.8. The Labute approximate surface area is 164 Å². The van der Waals surface area contributed by atoms with Gasteiger partial charge in [0.05, 0.1) is 11.4 Å². The van der Waals surface area contributed by atoms with E-state index in [0.717, 1.165) is 50.2 Å². The van der Waals surface area contributed by atoms with Crippen LogP contribution in [0.3, 0.4) is 0 Å². The van der Waals surface area contributed by atoms with Crippen LogP contribution in [0.1, 0.15) is 36.9 Å². The predicted molar refractivity (Wildman–Crippen MR) is 105 cm³/mol. The average molecular weight is 393 g/mol. The topological polar surface area (TPSA) is 50.2 Å². The summed E-state index contributed by atoms with van der Waals surface area (Å²) in [5.74, 6) is -0.0809. The SMILES string of the molecule is Cc1nn(C)c(Cl)c1CN1CCC[C@H](CCC(=O)Nc2ccccc2F)C1. The van der Waals surface area contributed by atoms with Crippen molar-refractivity contribution >= 4 is 23.2 Å². The maximum atomic E-state index is 13.6. The number of halogens is 2. The first-order valence-corrected chi connectivity index (χ1v) is 9.76. The number of para-hydroxylation sites is 1. The molecular weight excluding hydrogens is 367 g/mol. The number of anilines is 1. The number of hydrogen-bond acceptors (Lipinski definition) is 3. The van der Waals surface area contributed by atoms with Crippen molar-refractivity contribution in [2.45, 2.75) is 39.2 Å². The number of piperidine rings is 1. The maximum absolute atomic E-state index is 13.6. The Morgan fingerprint density at radius 2 is 2.19 bits per heavy atom. The van der Waals surface area contributed by atoms with Crippen LogP contribution >= 0.6 is 11.6 Å². The molecular formula is C20H26ClFN4O. The smallest absolute Gasteiger partial charge is 0.224 e. The number of hydrogen-bond donors (Lipinski definition) is 1. The van der Waals surface area contributed by atoms with Gasteiger partial charge in [-0.25, -0.2) is 4.39 Å². The van der Waals surface area contributed by atoms with Crippen molar-refractivity contribution in [2.75, 3.05) is 18.4 Å². The van der Waals surface area contributed by atoms with Gasteiger partial charge in [0.25, 0.3) is 0 Å². The molecule has 1 aliphatic heterocycles. The number of carbonyl (C=O) groups is 1. The molecule has 0 saturated carbocycles. The third kappa shape index (κ3) is 5.08. The quantitative estimate of drug-likeness (QED) is 0.803. The summed E-state index contributed by atoms with van der Waals surface area (Å²) in [7, 11) is 1.85. The van der Waals surface area contributed by atoms with Gasteiger partial charge in [0, 0.05) is 32.1 Å². The van der Waals surface area contributed by atoms with Gasteiger partial charge in [-0.1, -0.05) is 23.7 Å². The van der Waals surface area contributed by atoms with E-state index in [1.54, 1.807) is 22.9 Å². The van der Waals surface area contributed by atoms with Gasteiger partial charge in [-0.3, -0.25) is 14.4 Å². The molecule has 7 heteroatoms. The Balaban J connectivity index is 1.49. The molecule has 1 aliphatic rings. The molecule has 3 rings (SSSR count). The molecule has 0 spiro atoms. The number of likely N-dealkylation sites (tertiary alicyclic amines) is 1. The second kappa shape index (κ2) is 8.85. The van der Waals surface area contributed by atoms with Crippen LogP contribution in [0.25, 0.3) is 0 Å². The van der Waals surface area contributed by atoms with Crippen molar-refractivity contribution in [3.8, 4) is 0 Å². The summed E-state index contributed by atoms with van der Waals surface area (Å²) in [6, 6.07) is 6.25. The molecule has 1 atom stereocenters. The molecule has 1 amide bonds. The van der Waals surface area contributed by atoms with E-state index in [9.17, 15) is 9.18 Å². The summed E-state index contributed by atoms with van der Waals surface area (Å²) in [6.45, 7) is 4.74. The number of nitrogens with one attached hydrogen (secondary N) is 1. The highest BCUT2D eigenvalue weighted by Crippen LogP contribution is 2.26. The van der Waals surface area contributed by atoms with Gasteiger partial charge < -0.3 is 5.32 Å². The second-order valence-electron chi connectivity index (χ2n) is 7.29. The third-order valence-corrected chi connectivity index (χ3v) is 5.66. The number of aromatic nitrogens is 2. The number of amides is 1. The summed E-state index contributed by atoms with van der Waals surface area (Å²) in [5.41, 5.74) is 2.29. The van der Waals surface area contributed by atoms with Gasteiger partial charge >= 0.3 is 0 Å². The zero-order chi connectivity index (χ0) is 19.4. The highest BCUT2D eigenvalue weighted by Gasteiger charge is 2.23. The fourth-order valence-electron chi connectivity index (χ4n) is 3.72. The van der Waals surface area contributed by atoms with Crippen molar-refractivity contribution < 1.29 is 9.18 Å². The monoisotopic (exact) mass is 392 g/mol. The molecule has 5 nitrogen and oxygen atoms in total. The lowest BCUT2D eigenvalue weighted by atomic mass is 9.93. The molecule has 27 heavy (non-hydrogen) atoms. The Morgan fingerprint density at radius 1 is 1.41 bits per heavy atom. The third-order valence-electron chi connectivity index (χ3n) is 5.18. The average Bonchev–Trinajstić information content (AvgIpc) is 2.88. The van der Waals surface area contributed by atoms with Crippen molar-refractivity contribution in [2.24, 2.45) is 13.0 Å². The minimum absolute atomic E-state index is 0.136. The fraction of sp³-hybridized carbons (Fsp3) is 0.500. The number of aryl methyl sites for hydroxylation is 2. The molecule has 1 saturated heterocycles. The summed E-state index contributed by atoms with van der Waals surface area (Å²) in [5, 5.41) is 7.73. The van der Waals surface area contributed by atoms with Crippen LogP contribution in [-0.2, 0) is 18.4 Å². The molecule has 2 aromatic rings. The lowest BCUT2D eigenvalue weighted by molar-refractivity contribution is -0.116. The molecule has 0 unspecified atom stereocenters. The van der Waals surface area contributed by atoms with E-state index in [4.69, 9.17) is 11.6 Å². The molecule has 0 aliphatic carbocycles. The minimum atomic E-state index is -0.404. The number of rotatable bonds is 6. The molecule has 0 radical (unpaired) electrons. The molecule has 1 aromatic heterocycles.